The van der Waals surface area contributed by atoms with Crippen LogP contribution in [-0.2, 0) is 9.59 Å². The quantitative estimate of drug-likeness (QED) is 0.808. The Bertz CT molecular complexity index is 434. The lowest BCUT2D eigenvalue weighted by Gasteiger charge is -2.16. The lowest BCUT2D eigenvalue weighted by molar-refractivity contribution is -0.126. The highest BCUT2D eigenvalue weighted by Gasteiger charge is 2.20. The number of carbonyl (C=O) groups is 2. The molecule has 0 bridgehead atoms. The fraction of sp³-hybridized carbons (Fsp3) is 0.583. The Morgan fingerprint density at radius 3 is 2.79 bits per heavy atom. The van der Waals surface area contributed by atoms with Crippen molar-refractivity contribution in [2.24, 2.45) is 0 Å². The summed E-state index contributed by atoms with van der Waals surface area (Å²) in [7, 11) is 0. The predicted molar refractivity (Wildman–Crippen MR) is 80.7 cm³/mol. The van der Waals surface area contributed by atoms with E-state index in [1.54, 1.807) is 24.9 Å². The van der Waals surface area contributed by atoms with Crippen LogP contribution in [0.2, 0.25) is 0 Å². The molecular weight excluding hydrogens is 282 g/mol. The third-order valence-corrected chi connectivity index (χ3v) is 3.91. The van der Waals surface area contributed by atoms with Crippen LogP contribution in [0.25, 0.3) is 0 Å². The van der Waals surface area contributed by atoms with Gasteiger partial charge in [0.25, 0.3) is 0 Å². The minimum absolute atomic E-state index is 0.114. The van der Waals surface area contributed by atoms with Crippen molar-refractivity contribution in [3.05, 3.63) is 11.1 Å². The molecule has 0 aliphatic heterocycles. The third kappa shape index (κ3) is 5.61. The Morgan fingerprint density at radius 2 is 2.26 bits per heavy atom. The molecule has 2 N–H and O–H groups in total. The van der Waals surface area contributed by atoms with Crippen LogP contribution >= 0.6 is 23.1 Å². The molecule has 0 saturated heterocycles. The van der Waals surface area contributed by atoms with Gasteiger partial charge < -0.3 is 10.6 Å². The van der Waals surface area contributed by atoms with Crippen molar-refractivity contribution in [2.75, 3.05) is 17.3 Å². The SMILES string of the molecule is CCC(=O)N[C@@H](CCSC)C(=O)Nc1ncc(C)s1. The second-order valence-corrected chi connectivity index (χ2v) is 6.24. The first-order valence-corrected chi connectivity index (χ1v) is 8.29. The molecule has 0 fully saturated rings. The molecule has 0 aliphatic rings. The molecule has 2 amide bonds. The maximum atomic E-state index is 12.1. The molecule has 1 aromatic rings. The van der Waals surface area contributed by atoms with E-state index in [1.165, 1.54) is 11.3 Å². The van der Waals surface area contributed by atoms with E-state index in [4.69, 9.17) is 0 Å². The molecule has 7 heteroatoms. The Morgan fingerprint density at radius 1 is 1.53 bits per heavy atom. The number of amides is 2. The molecule has 1 aromatic heterocycles. The first-order valence-electron chi connectivity index (χ1n) is 6.08. The molecule has 0 spiro atoms. The Balaban J connectivity index is 2.61. The molecule has 106 valence electrons. The average Bonchev–Trinajstić information content (AvgIpc) is 2.79. The number of nitrogens with zero attached hydrogens (tertiary/aromatic N) is 1. The number of thiazole rings is 1. The number of hydrogen-bond acceptors (Lipinski definition) is 5. The van der Waals surface area contributed by atoms with Crippen molar-refractivity contribution in [1.82, 2.24) is 10.3 Å². The molecule has 0 radical (unpaired) electrons. The number of carbonyl (C=O) groups excluding carboxylic acids is 2. The average molecular weight is 301 g/mol. The normalized spacial score (nSPS) is 11.9. The molecule has 1 heterocycles. The molecule has 1 atom stereocenters. The smallest absolute Gasteiger partial charge is 0.248 e. The highest BCUT2D eigenvalue weighted by molar-refractivity contribution is 7.98. The van der Waals surface area contributed by atoms with Gasteiger partial charge in [0.1, 0.15) is 6.04 Å². The number of aryl methyl sites for hydroxylation is 1. The van der Waals surface area contributed by atoms with Gasteiger partial charge in [-0.05, 0) is 25.4 Å². The van der Waals surface area contributed by atoms with Gasteiger partial charge in [-0.2, -0.15) is 11.8 Å². The standard InChI is InChI=1S/C12H19N3O2S2/c1-4-10(16)14-9(5-6-18-3)11(17)15-12-13-7-8(2)19-12/h7,9H,4-6H2,1-3H3,(H,14,16)(H,13,15,17)/t9-/m0/s1. The van der Waals surface area contributed by atoms with Crippen LogP contribution in [0.1, 0.15) is 24.6 Å². The molecule has 0 aromatic carbocycles. The summed E-state index contributed by atoms with van der Waals surface area (Å²) in [6, 6.07) is -0.496. The van der Waals surface area contributed by atoms with Gasteiger partial charge in [0.2, 0.25) is 11.8 Å². The van der Waals surface area contributed by atoms with Crippen LogP contribution < -0.4 is 10.6 Å². The van der Waals surface area contributed by atoms with Gasteiger partial charge in [-0.1, -0.05) is 6.92 Å². The zero-order chi connectivity index (χ0) is 14.3. The lowest BCUT2D eigenvalue weighted by atomic mass is 10.2. The molecule has 0 unspecified atom stereocenters. The minimum atomic E-state index is -0.496. The van der Waals surface area contributed by atoms with Gasteiger partial charge in [0.05, 0.1) is 0 Å². The molecule has 0 saturated carbocycles. The summed E-state index contributed by atoms with van der Waals surface area (Å²) < 4.78 is 0. The molecule has 5 nitrogen and oxygen atoms in total. The lowest BCUT2D eigenvalue weighted by Crippen LogP contribution is -2.43. The molecule has 1 rings (SSSR count). The maximum Gasteiger partial charge on any atom is 0.248 e. The van der Waals surface area contributed by atoms with Crippen molar-refractivity contribution in [2.45, 2.75) is 32.7 Å². The fourth-order valence-corrected chi connectivity index (χ4v) is 2.54. The van der Waals surface area contributed by atoms with E-state index in [9.17, 15) is 9.59 Å². The van der Waals surface area contributed by atoms with Gasteiger partial charge in [0.15, 0.2) is 5.13 Å². The Kier molecular flexibility index (Phi) is 6.86. The van der Waals surface area contributed by atoms with Gasteiger partial charge >= 0.3 is 0 Å². The predicted octanol–water partition coefficient (Wildman–Crippen LogP) is 2.04. The van der Waals surface area contributed by atoms with Crippen LogP contribution in [-0.4, -0.2) is 34.8 Å². The highest BCUT2D eigenvalue weighted by Crippen LogP contribution is 2.17. The molecular formula is C12H19N3O2S2. The van der Waals surface area contributed by atoms with Crippen LogP contribution in [0.5, 0.6) is 0 Å². The first-order chi connectivity index (χ1) is 9.06. The van der Waals surface area contributed by atoms with Gasteiger partial charge in [0, 0.05) is 17.5 Å². The summed E-state index contributed by atoms with van der Waals surface area (Å²) in [6.45, 7) is 3.69. The highest BCUT2D eigenvalue weighted by atomic mass is 32.2. The van der Waals surface area contributed by atoms with Crippen molar-refractivity contribution in [1.29, 1.82) is 0 Å². The van der Waals surface area contributed by atoms with E-state index in [2.05, 4.69) is 15.6 Å². The van der Waals surface area contributed by atoms with Crippen molar-refractivity contribution >= 4 is 40.0 Å². The zero-order valence-electron chi connectivity index (χ0n) is 11.4. The van der Waals surface area contributed by atoms with E-state index < -0.39 is 6.04 Å². The van der Waals surface area contributed by atoms with E-state index in [1.807, 2.05) is 13.2 Å². The Hall–Kier alpha value is -1.08. The topological polar surface area (TPSA) is 71.1 Å². The van der Waals surface area contributed by atoms with Crippen LogP contribution in [0.3, 0.4) is 0 Å². The van der Waals surface area contributed by atoms with Crippen LogP contribution in [0, 0.1) is 6.92 Å². The van der Waals surface area contributed by atoms with Crippen molar-refractivity contribution < 1.29 is 9.59 Å². The second-order valence-electron chi connectivity index (χ2n) is 4.02. The number of thioether (sulfide) groups is 1. The second kappa shape index (κ2) is 8.16. The van der Waals surface area contributed by atoms with Gasteiger partial charge in [-0.25, -0.2) is 4.98 Å². The summed E-state index contributed by atoms with van der Waals surface area (Å²) >= 11 is 3.07. The van der Waals surface area contributed by atoms with E-state index in [0.29, 0.717) is 18.0 Å². The number of anilines is 1. The van der Waals surface area contributed by atoms with E-state index in [0.717, 1.165) is 10.6 Å². The van der Waals surface area contributed by atoms with E-state index in [-0.39, 0.29) is 11.8 Å². The van der Waals surface area contributed by atoms with Gasteiger partial charge in [-0.3, -0.25) is 9.59 Å². The summed E-state index contributed by atoms with van der Waals surface area (Å²) in [4.78, 5) is 28.7. The number of hydrogen-bond donors (Lipinski definition) is 2. The zero-order valence-corrected chi connectivity index (χ0v) is 13.0. The largest absolute Gasteiger partial charge is 0.344 e. The van der Waals surface area contributed by atoms with Crippen molar-refractivity contribution in [3.63, 3.8) is 0 Å². The maximum absolute atomic E-state index is 12.1. The monoisotopic (exact) mass is 301 g/mol. The summed E-state index contributed by atoms with van der Waals surface area (Å²) in [5.74, 6) is 0.501. The third-order valence-electron chi connectivity index (χ3n) is 2.43. The van der Waals surface area contributed by atoms with Crippen LogP contribution in [0.15, 0.2) is 6.20 Å². The fourth-order valence-electron chi connectivity index (χ4n) is 1.41. The summed E-state index contributed by atoms with van der Waals surface area (Å²) in [5.41, 5.74) is 0. The molecule has 0 aliphatic carbocycles. The Labute approximate surface area is 121 Å². The van der Waals surface area contributed by atoms with Gasteiger partial charge in [-0.15, -0.1) is 11.3 Å². The summed E-state index contributed by atoms with van der Waals surface area (Å²) in [6.07, 6.45) is 4.67. The minimum Gasteiger partial charge on any atom is -0.344 e. The molecule has 19 heavy (non-hydrogen) atoms. The number of nitrogens with one attached hydrogen (secondary N) is 2. The number of aromatic nitrogens is 1. The first kappa shape index (κ1) is 16.0. The van der Waals surface area contributed by atoms with E-state index >= 15 is 0 Å². The van der Waals surface area contributed by atoms with Crippen molar-refractivity contribution in [3.8, 4) is 0 Å². The number of rotatable bonds is 7. The van der Waals surface area contributed by atoms with Crippen LogP contribution in [0.4, 0.5) is 5.13 Å². The summed E-state index contributed by atoms with van der Waals surface area (Å²) in [5, 5.41) is 6.06.